The molecule has 2 amide bonds. The highest BCUT2D eigenvalue weighted by molar-refractivity contribution is 7.80. The van der Waals surface area contributed by atoms with E-state index in [1.54, 1.807) is 6.08 Å². The van der Waals surface area contributed by atoms with Gasteiger partial charge in [-0.15, -0.1) is 11.3 Å². The van der Waals surface area contributed by atoms with Crippen LogP contribution in [0.25, 0.3) is 6.08 Å². The van der Waals surface area contributed by atoms with Gasteiger partial charge in [0.15, 0.2) is 5.11 Å². The fourth-order valence-corrected chi connectivity index (χ4v) is 5.30. The Labute approximate surface area is 186 Å². The van der Waals surface area contributed by atoms with Crippen LogP contribution in [-0.2, 0) is 17.6 Å². The van der Waals surface area contributed by atoms with Crippen LogP contribution >= 0.6 is 23.6 Å². The highest BCUT2D eigenvalue weighted by Gasteiger charge is 2.33. The molecule has 2 aromatic rings. The SMILES string of the molecule is CC(C)(C)[C@H]1CCc2c(sc(NC(=S)NC(=O)/C=C/c3ccccc3)c2C(N)=O)C1. The molecule has 0 aliphatic heterocycles. The maximum Gasteiger partial charge on any atom is 0.251 e. The third kappa shape index (κ3) is 5.34. The van der Waals surface area contributed by atoms with Crippen LogP contribution in [0.2, 0.25) is 0 Å². The minimum absolute atomic E-state index is 0.145. The lowest BCUT2D eigenvalue weighted by atomic mass is 9.72. The van der Waals surface area contributed by atoms with E-state index in [0.717, 1.165) is 30.4 Å². The zero-order chi connectivity index (χ0) is 21.9. The van der Waals surface area contributed by atoms with Crippen molar-refractivity contribution in [1.82, 2.24) is 5.32 Å². The Bertz CT molecular complexity index is 988. The number of anilines is 1. The summed E-state index contributed by atoms with van der Waals surface area (Å²) >= 11 is 6.80. The number of nitrogens with one attached hydrogen (secondary N) is 2. The number of benzene rings is 1. The van der Waals surface area contributed by atoms with Crippen molar-refractivity contribution in [2.24, 2.45) is 17.1 Å². The number of thiophene rings is 1. The summed E-state index contributed by atoms with van der Waals surface area (Å²) in [6.07, 6.45) is 5.91. The van der Waals surface area contributed by atoms with Gasteiger partial charge in [0.2, 0.25) is 5.91 Å². The van der Waals surface area contributed by atoms with Gasteiger partial charge >= 0.3 is 0 Å². The lowest BCUT2D eigenvalue weighted by molar-refractivity contribution is -0.115. The van der Waals surface area contributed by atoms with E-state index in [-0.39, 0.29) is 16.4 Å². The van der Waals surface area contributed by atoms with Gasteiger partial charge in [-0.2, -0.15) is 0 Å². The van der Waals surface area contributed by atoms with Gasteiger partial charge in [0.1, 0.15) is 5.00 Å². The molecule has 7 heteroatoms. The number of carbonyl (C=O) groups excluding carboxylic acids is 2. The fourth-order valence-electron chi connectivity index (χ4n) is 3.70. The summed E-state index contributed by atoms with van der Waals surface area (Å²) in [5.74, 6) is -0.264. The second-order valence-corrected chi connectivity index (χ2v) is 10.1. The van der Waals surface area contributed by atoms with Crippen LogP contribution in [0.3, 0.4) is 0 Å². The number of thiocarbonyl (C=S) groups is 1. The average Bonchev–Trinajstić information content (AvgIpc) is 3.03. The summed E-state index contributed by atoms with van der Waals surface area (Å²) < 4.78 is 0. The molecule has 1 aromatic heterocycles. The largest absolute Gasteiger partial charge is 0.365 e. The molecule has 1 aromatic carbocycles. The van der Waals surface area contributed by atoms with Crippen LogP contribution in [0.1, 0.15) is 53.6 Å². The Hall–Kier alpha value is -2.51. The first kappa shape index (κ1) is 22.2. The van der Waals surface area contributed by atoms with Crippen LogP contribution in [0, 0.1) is 11.3 Å². The van der Waals surface area contributed by atoms with Gasteiger partial charge in [0.25, 0.3) is 5.91 Å². The lowest BCUT2D eigenvalue weighted by Crippen LogP contribution is -2.33. The van der Waals surface area contributed by atoms with Gasteiger partial charge in [0, 0.05) is 11.0 Å². The minimum Gasteiger partial charge on any atom is -0.365 e. The molecule has 0 radical (unpaired) electrons. The van der Waals surface area contributed by atoms with E-state index < -0.39 is 5.91 Å². The summed E-state index contributed by atoms with van der Waals surface area (Å²) in [7, 11) is 0. The second kappa shape index (κ2) is 9.10. The van der Waals surface area contributed by atoms with Gasteiger partial charge < -0.3 is 11.1 Å². The van der Waals surface area contributed by atoms with Gasteiger partial charge in [-0.3, -0.25) is 14.9 Å². The molecular formula is C23H27N3O2S2. The normalized spacial score (nSPS) is 16.2. The molecule has 0 saturated carbocycles. The Morgan fingerprint density at radius 2 is 1.93 bits per heavy atom. The van der Waals surface area contributed by atoms with Crippen molar-refractivity contribution in [3.05, 3.63) is 58.0 Å². The molecular weight excluding hydrogens is 414 g/mol. The monoisotopic (exact) mass is 441 g/mol. The van der Waals surface area contributed by atoms with Crippen molar-refractivity contribution in [2.75, 3.05) is 5.32 Å². The van der Waals surface area contributed by atoms with Crippen molar-refractivity contribution < 1.29 is 9.59 Å². The average molecular weight is 442 g/mol. The van der Waals surface area contributed by atoms with Crippen LogP contribution in [0.15, 0.2) is 36.4 Å². The molecule has 3 rings (SSSR count). The van der Waals surface area contributed by atoms with Crippen molar-refractivity contribution in [3.8, 4) is 0 Å². The first-order valence-corrected chi connectivity index (χ1v) is 11.2. The number of nitrogens with two attached hydrogens (primary N) is 1. The van der Waals surface area contributed by atoms with E-state index in [0.29, 0.717) is 16.5 Å². The Kier molecular flexibility index (Phi) is 6.73. The standard InChI is InChI=1S/C23H27N3O2S2/c1-23(2,3)15-10-11-16-17(13-15)30-21(19(16)20(24)28)26-22(29)25-18(27)12-9-14-7-5-4-6-8-14/h4-9,12,15H,10-11,13H2,1-3H3,(H2,24,28)(H2,25,26,27,29)/b12-9+/t15-/m0/s1. The number of fused-ring (bicyclic) bond motifs is 1. The Morgan fingerprint density at radius 1 is 1.23 bits per heavy atom. The van der Waals surface area contributed by atoms with Gasteiger partial charge in [-0.25, -0.2) is 0 Å². The van der Waals surface area contributed by atoms with Gasteiger partial charge in [-0.1, -0.05) is 51.1 Å². The van der Waals surface area contributed by atoms with Crippen molar-refractivity contribution in [2.45, 2.75) is 40.0 Å². The fraction of sp³-hybridized carbons (Fsp3) is 0.348. The van der Waals surface area contributed by atoms with E-state index >= 15 is 0 Å². The molecule has 5 nitrogen and oxygen atoms in total. The molecule has 1 heterocycles. The van der Waals surface area contributed by atoms with E-state index in [2.05, 4.69) is 31.4 Å². The molecule has 0 spiro atoms. The van der Waals surface area contributed by atoms with E-state index in [1.165, 1.54) is 22.3 Å². The zero-order valence-electron chi connectivity index (χ0n) is 17.5. The summed E-state index contributed by atoms with van der Waals surface area (Å²) in [4.78, 5) is 25.5. The first-order valence-electron chi connectivity index (χ1n) is 9.94. The third-order valence-electron chi connectivity index (χ3n) is 5.43. The molecule has 1 aliphatic carbocycles. The molecule has 1 atom stereocenters. The summed E-state index contributed by atoms with van der Waals surface area (Å²) in [6, 6.07) is 9.52. The number of hydrogen-bond donors (Lipinski definition) is 3. The molecule has 30 heavy (non-hydrogen) atoms. The Balaban J connectivity index is 1.71. The summed E-state index contributed by atoms with van der Waals surface area (Å²) in [5.41, 5.74) is 8.32. The van der Waals surface area contributed by atoms with Crippen molar-refractivity contribution >= 4 is 51.6 Å². The molecule has 0 bridgehead atoms. The number of hydrogen-bond acceptors (Lipinski definition) is 4. The zero-order valence-corrected chi connectivity index (χ0v) is 19.1. The van der Waals surface area contributed by atoms with Crippen molar-refractivity contribution in [1.29, 1.82) is 0 Å². The number of amides is 2. The summed E-state index contributed by atoms with van der Waals surface area (Å²) in [6.45, 7) is 6.74. The lowest BCUT2D eigenvalue weighted by Gasteiger charge is -2.33. The maximum atomic E-state index is 12.2. The molecule has 0 saturated heterocycles. The van der Waals surface area contributed by atoms with Crippen LogP contribution in [0.5, 0.6) is 0 Å². The second-order valence-electron chi connectivity index (χ2n) is 8.57. The number of rotatable bonds is 4. The van der Waals surface area contributed by atoms with E-state index in [9.17, 15) is 9.59 Å². The van der Waals surface area contributed by atoms with Gasteiger partial charge in [-0.05, 0) is 60.0 Å². The number of carbonyl (C=O) groups is 2. The van der Waals surface area contributed by atoms with Crippen LogP contribution < -0.4 is 16.4 Å². The minimum atomic E-state index is -0.470. The predicted octanol–water partition coefficient (Wildman–Crippen LogP) is 4.52. The highest BCUT2D eigenvalue weighted by atomic mass is 32.1. The smallest absolute Gasteiger partial charge is 0.251 e. The topological polar surface area (TPSA) is 84.2 Å². The van der Waals surface area contributed by atoms with Crippen LogP contribution in [-0.4, -0.2) is 16.9 Å². The Morgan fingerprint density at radius 3 is 2.57 bits per heavy atom. The predicted molar refractivity (Wildman–Crippen MR) is 128 cm³/mol. The molecule has 1 aliphatic rings. The highest BCUT2D eigenvalue weighted by Crippen LogP contribution is 2.44. The van der Waals surface area contributed by atoms with Crippen LogP contribution in [0.4, 0.5) is 5.00 Å². The molecule has 0 unspecified atom stereocenters. The number of primary amides is 1. The first-order chi connectivity index (χ1) is 14.1. The maximum absolute atomic E-state index is 12.2. The van der Waals surface area contributed by atoms with E-state index in [1.807, 2.05) is 30.3 Å². The van der Waals surface area contributed by atoms with Crippen molar-refractivity contribution in [3.63, 3.8) is 0 Å². The summed E-state index contributed by atoms with van der Waals surface area (Å²) in [5, 5.41) is 6.40. The molecule has 4 N–H and O–H groups in total. The molecule has 158 valence electrons. The third-order valence-corrected chi connectivity index (χ3v) is 6.80. The van der Waals surface area contributed by atoms with Gasteiger partial charge in [0.05, 0.1) is 5.56 Å². The molecule has 0 fully saturated rings. The quantitative estimate of drug-likeness (QED) is 0.481. The van der Waals surface area contributed by atoms with E-state index in [4.69, 9.17) is 18.0 Å².